The molecule has 0 unspecified atom stereocenters. The molecule has 2 heterocycles. The Hall–Kier alpha value is -2.66. The van der Waals surface area contributed by atoms with E-state index in [0.29, 0.717) is 24.7 Å². The smallest absolute Gasteiger partial charge is 0.273 e. The topological polar surface area (TPSA) is 42.4 Å². The molecule has 1 aliphatic rings. The van der Waals surface area contributed by atoms with E-state index < -0.39 is 0 Å². The Bertz CT molecular complexity index is 826. The standard InChI is InChI=1S/C20H18N2O2S/c23-19(22-13-18(14-22)24-20-21-10-11-25-20)12-15-6-8-17(9-7-15)16-4-2-1-3-5-16/h1-11,18H,12-14H2. The van der Waals surface area contributed by atoms with E-state index in [0.717, 1.165) is 11.1 Å². The van der Waals surface area contributed by atoms with Gasteiger partial charge >= 0.3 is 0 Å². The van der Waals surface area contributed by atoms with Gasteiger partial charge in [-0.15, -0.1) is 0 Å². The van der Waals surface area contributed by atoms with E-state index in [2.05, 4.69) is 29.2 Å². The van der Waals surface area contributed by atoms with Crippen molar-refractivity contribution in [3.8, 4) is 16.3 Å². The quantitative estimate of drug-likeness (QED) is 0.705. The van der Waals surface area contributed by atoms with Crippen LogP contribution < -0.4 is 4.74 Å². The number of rotatable bonds is 5. The van der Waals surface area contributed by atoms with E-state index in [-0.39, 0.29) is 12.0 Å². The molecule has 0 N–H and O–H groups in total. The van der Waals surface area contributed by atoms with E-state index in [1.807, 2.05) is 40.6 Å². The molecule has 1 fully saturated rings. The van der Waals surface area contributed by atoms with Gasteiger partial charge in [-0.05, 0) is 16.7 Å². The second-order valence-corrected chi connectivity index (χ2v) is 6.93. The van der Waals surface area contributed by atoms with Crippen molar-refractivity contribution in [2.45, 2.75) is 12.5 Å². The van der Waals surface area contributed by atoms with Gasteiger partial charge in [0.15, 0.2) is 0 Å². The van der Waals surface area contributed by atoms with E-state index >= 15 is 0 Å². The zero-order valence-electron chi connectivity index (χ0n) is 13.7. The summed E-state index contributed by atoms with van der Waals surface area (Å²) in [6.45, 7) is 1.28. The second kappa shape index (κ2) is 7.07. The number of hydrogen-bond donors (Lipinski definition) is 0. The van der Waals surface area contributed by atoms with Crippen LogP contribution in [0.15, 0.2) is 66.2 Å². The van der Waals surface area contributed by atoms with Crippen molar-refractivity contribution >= 4 is 17.2 Å². The molecule has 0 atom stereocenters. The Labute approximate surface area is 150 Å². The number of benzene rings is 2. The normalized spacial score (nSPS) is 14.2. The van der Waals surface area contributed by atoms with Crippen molar-refractivity contribution in [1.29, 1.82) is 0 Å². The van der Waals surface area contributed by atoms with Crippen molar-refractivity contribution in [3.05, 3.63) is 71.7 Å². The summed E-state index contributed by atoms with van der Waals surface area (Å²) in [6.07, 6.45) is 2.22. The van der Waals surface area contributed by atoms with Gasteiger partial charge < -0.3 is 9.64 Å². The minimum Gasteiger partial charge on any atom is -0.463 e. The molecule has 1 amide bonds. The summed E-state index contributed by atoms with van der Waals surface area (Å²) in [6, 6.07) is 18.4. The Morgan fingerprint density at radius 2 is 1.80 bits per heavy atom. The van der Waals surface area contributed by atoms with Gasteiger partial charge in [-0.2, -0.15) is 0 Å². The highest BCUT2D eigenvalue weighted by Crippen LogP contribution is 2.22. The van der Waals surface area contributed by atoms with Crippen molar-refractivity contribution in [2.75, 3.05) is 13.1 Å². The Balaban J connectivity index is 1.30. The lowest BCUT2D eigenvalue weighted by molar-refractivity contribution is -0.139. The summed E-state index contributed by atoms with van der Waals surface area (Å²) < 4.78 is 5.70. The van der Waals surface area contributed by atoms with Crippen LogP contribution in [-0.4, -0.2) is 35.0 Å². The maximum atomic E-state index is 12.4. The molecule has 1 aromatic heterocycles. The number of aromatic nitrogens is 1. The summed E-state index contributed by atoms with van der Waals surface area (Å²) in [5, 5.41) is 2.56. The third-order valence-corrected chi connectivity index (χ3v) is 4.96. The molecule has 0 bridgehead atoms. The van der Waals surface area contributed by atoms with Crippen LogP contribution in [0.1, 0.15) is 5.56 Å². The highest BCUT2D eigenvalue weighted by atomic mass is 32.1. The summed E-state index contributed by atoms with van der Waals surface area (Å²) >= 11 is 1.48. The average Bonchev–Trinajstić information content (AvgIpc) is 3.12. The number of carbonyl (C=O) groups excluding carboxylic acids is 1. The van der Waals surface area contributed by atoms with E-state index in [1.165, 1.54) is 16.9 Å². The predicted molar refractivity (Wildman–Crippen MR) is 98.7 cm³/mol. The van der Waals surface area contributed by atoms with Gasteiger partial charge in [-0.3, -0.25) is 4.79 Å². The lowest BCUT2D eigenvalue weighted by atomic mass is 10.0. The van der Waals surface area contributed by atoms with Crippen LogP contribution in [0.2, 0.25) is 0 Å². The van der Waals surface area contributed by atoms with Gasteiger partial charge in [0.1, 0.15) is 6.10 Å². The summed E-state index contributed by atoms with van der Waals surface area (Å²) in [4.78, 5) is 18.3. The number of nitrogens with zero attached hydrogens (tertiary/aromatic N) is 2. The first-order valence-corrected chi connectivity index (χ1v) is 9.14. The van der Waals surface area contributed by atoms with Gasteiger partial charge in [0.2, 0.25) is 5.91 Å². The van der Waals surface area contributed by atoms with Crippen molar-refractivity contribution in [2.24, 2.45) is 0 Å². The van der Waals surface area contributed by atoms with Crippen LogP contribution in [0, 0.1) is 0 Å². The molecule has 25 heavy (non-hydrogen) atoms. The Kier molecular flexibility index (Phi) is 4.48. The van der Waals surface area contributed by atoms with Crippen LogP contribution in [0.4, 0.5) is 0 Å². The summed E-state index contributed by atoms with van der Waals surface area (Å²) in [5.41, 5.74) is 3.39. The molecule has 0 radical (unpaired) electrons. The molecular formula is C20H18N2O2S. The van der Waals surface area contributed by atoms with E-state index in [4.69, 9.17) is 4.74 Å². The third-order valence-electron chi connectivity index (χ3n) is 4.29. The highest BCUT2D eigenvalue weighted by molar-refractivity contribution is 7.11. The van der Waals surface area contributed by atoms with Crippen LogP contribution in [-0.2, 0) is 11.2 Å². The summed E-state index contributed by atoms with van der Waals surface area (Å²) in [7, 11) is 0. The molecule has 2 aromatic carbocycles. The number of hydrogen-bond acceptors (Lipinski definition) is 4. The SMILES string of the molecule is O=C(Cc1ccc(-c2ccccc2)cc1)N1CC(Oc2nccs2)C1. The van der Waals surface area contributed by atoms with Crippen molar-refractivity contribution in [3.63, 3.8) is 0 Å². The number of thiazole rings is 1. The minimum atomic E-state index is 0.0653. The first-order valence-electron chi connectivity index (χ1n) is 8.26. The van der Waals surface area contributed by atoms with Crippen LogP contribution in [0.5, 0.6) is 5.19 Å². The number of carbonyl (C=O) groups is 1. The number of amides is 1. The molecule has 0 spiro atoms. The Morgan fingerprint density at radius 3 is 2.48 bits per heavy atom. The lowest BCUT2D eigenvalue weighted by Gasteiger charge is -2.38. The molecule has 0 aliphatic carbocycles. The van der Waals surface area contributed by atoms with Gasteiger partial charge in [-0.25, -0.2) is 4.98 Å². The molecular weight excluding hydrogens is 332 g/mol. The molecule has 1 aliphatic heterocycles. The fraction of sp³-hybridized carbons (Fsp3) is 0.200. The third kappa shape index (κ3) is 3.72. The fourth-order valence-corrected chi connectivity index (χ4v) is 3.41. The fourth-order valence-electron chi connectivity index (χ4n) is 2.86. The molecule has 0 saturated carbocycles. The predicted octanol–water partition coefficient (Wildman–Crippen LogP) is 3.64. The molecule has 4 rings (SSSR count). The molecule has 5 heteroatoms. The van der Waals surface area contributed by atoms with Crippen LogP contribution >= 0.6 is 11.3 Å². The van der Waals surface area contributed by atoms with Gasteiger partial charge in [-0.1, -0.05) is 65.9 Å². The first-order chi connectivity index (χ1) is 12.3. The molecule has 4 nitrogen and oxygen atoms in total. The maximum Gasteiger partial charge on any atom is 0.273 e. The Morgan fingerprint density at radius 1 is 1.08 bits per heavy atom. The van der Waals surface area contributed by atoms with Gasteiger partial charge in [0.05, 0.1) is 19.5 Å². The molecule has 3 aromatic rings. The average molecular weight is 350 g/mol. The van der Waals surface area contributed by atoms with Crippen LogP contribution in [0.25, 0.3) is 11.1 Å². The molecule has 126 valence electrons. The zero-order chi connectivity index (χ0) is 17.1. The first kappa shape index (κ1) is 15.8. The number of ether oxygens (including phenoxy) is 1. The number of likely N-dealkylation sites (tertiary alicyclic amines) is 1. The van der Waals surface area contributed by atoms with Crippen molar-refractivity contribution in [1.82, 2.24) is 9.88 Å². The van der Waals surface area contributed by atoms with Crippen molar-refractivity contribution < 1.29 is 9.53 Å². The lowest BCUT2D eigenvalue weighted by Crippen LogP contribution is -2.56. The highest BCUT2D eigenvalue weighted by Gasteiger charge is 2.32. The second-order valence-electron chi connectivity index (χ2n) is 6.08. The van der Waals surface area contributed by atoms with Gasteiger partial charge in [0.25, 0.3) is 5.19 Å². The van der Waals surface area contributed by atoms with E-state index in [1.54, 1.807) is 6.20 Å². The monoisotopic (exact) mass is 350 g/mol. The van der Waals surface area contributed by atoms with Crippen LogP contribution in [0.3, 0.4) is 0 Å². The zero-order valence-corrected chi connectivity index (χ0v) is 14.5. The maximum absolute atomic E-state index is 12.4. The summed E-state index contributed by atoms with van der Waals surface area (Å²) in [5.74, 6) is 0.145. The van der Waals surface area contributed by atoms with Gasteiger partial charge in [0, 0.05) is 11.6 Å². The largest absolute Gasteiger partial charge is 0.463 e. The minimum absolute atomic E-state index is 0.0653. The van der Waals surface area contributed by atoms with E-state index in [9.17, 15) is 4.79 Å². The molecule has 1 saturated heterocycles.